The van der Waals surface area contributed by atoms with Crippen molar-refractivity contribution in [2.24, 2.45) is 0 Å². The number of benzene rings is 3. The number of nitrogens with one attached hydrogen (secondary N) is 3. The number of pyridine rings is 1. The van der Waals surface area contributed by atoms with E-state index in [1.54, 1.807) is 17.2 Å². The summed E-state index contributed by atoms with van der Waals surface area (Å²) in [5, 5.41) is 2.69. The molecule has 10 rings (SSSR count). The standard InChI is InChI=1S/C46H46F3N9O6S/c47-30-11-16-57(26-30)65(63,64)53-38-8-7-37(48)41(42(38)49)43(60)36-24-51-44-35(36)22-28(23-50-44)27-1-3-31(4-2-27)55-17-19-56(20-18-55)32-12-14-54(15-13-32)33-5-6-34-29(21-33)25-58(46(34)62)39-9-10-40(59)52-45(39)61/h1-8,21-24,30,32,39,53H,9-20,25-26H2,(H,50,51)(H,52,59,61)/t30-,39?/m1/s1. The van der Waals surface area contributed by atoms with E-state index >= 15 is 8.78 Å². The highest BCUT2D eigenvalue weighted by Crippen LogP contribution is 2.34. The number of rotatable bonds is 10. The van der Waals surface area contributed by atoms with Gasteiger partial charge in [-0.1, -0.05) is 12.1 Å². The number of H-pyrrole nitrogens is 1. The topological polar surface area (TPSA) is 171 Å². The second kappa shape index (κ2) is 16.9. The van der Waals surface area contributed by atoms with E-state index in [1.165, 1.54) is 6.20 Å². The number of carbonyl (C=O) groups excluding carboxylic acids is 4. The average Bonchev–Trinajstić information content (AvgIpc) is 4.04. The Kier molecular flexibility index (Phi) is 11.1. The van der Waals surface area contributed by atoms with Crippen LogP contribution in [0.4, 0.5) is 30.2 Å². The number of piperazine rings is 1. The van der Waals surface area contributed by atoms with Crippen LogP contribution >= 0.6 is 0 Å². The molecule has 2 atom stereocenters. The number of aromatic amines is 1. The van der Waals surface area contributed by atoms with Gasteiger partial charge in [0.05, 0.1) is 11.3 Å². The minimum Gasteiger partial charge on any atom is -0.371 e. The zero-order valence-corrected chi connectivity index (χ0v) is 36.1. The first-order valence-corrected chi connectivity index (χ1v) is 23.3. The van der Waals surface area contributed by atoms with Crippen LogP contribution in [0.15, 0.2) is 73.1 Å². The smallest absolute Gasteiger partial charge is 0.301 e. The van der Waals surface area contributed by atoms with Gasteiger partial charge in [-0.05, 0) is 85.3 Å². The number of piperidine rings is 2. The van der Waals surface area contributed by atoms with E-state index in [4.69, 9.17) is 0 Å². The van der Waals surface area contributed by atoms with Gasteiger partial charge in [-0.25, -0.2) is 18.2 Å². The first-order chi connectivity index (χ1) is 31.3. The van der Waals surface area contributed by atoms with E-state index in [2.05, 4.69) is 36.1 Å². The van der Waals surface area contributed by atoms with Crippen LogP contribution in [-0.4, -0.2) is 127 Å². The maximum atomic E-state index is 15.8. The van der Waals surface area contributed by atoms with E-state index in [0.717, 1.165) is 91.0 Å². The molecule has 5 aliphatic heterocycles. The van der Waals surface area contributed by atoms with E-state index in [1.807, 2.05) is 41.1 Å². The highest BCUT2D eigenvalue weighted by atomic mass is 32.2. The summed E-state index contributed by atoms with van der Waals surface area (Å²) in [6.07, 6.45) is 4.20. The van der Waals surface area contributed by atoms with Crippen molar-refractivity contribution in [1.29, 1.82) is 0 Å². The van der Waals surface area contributed by atoms with Crippen LogP contribution in [0.5, 0.6) is 0 Å². The van der Waals surface area contributed by atoms with E-state index < -0.39 is 57.0 Å². The molecule has 5 aromatic rings. The van der Waals surface area contributed by atoms with Crippen LogP contribution in [0.3, 0.4) is 0 Å². The summed E-state index contributed by atoms with van der Waals surface area (Å²) in [4.78, 5) is 67.3. The van der Waals surface area contributed by atoms with Crippen LogP contribution < -0.4 is 19.8 Å². The molecule has 15 nitrogen and oxygen atoms in total. The molecule has 4 saturated heterocycles. The summed E-state index contributed by atoms with van der Waals surface area (Å²) in [7, 11) is -4.36. The van der Waals surface area contributed by atoms with Crippen molar-refractivity contribution in [2.45, 2.75) is 56.9 Å². The molecule has 3 amide bonds. The van der Waals surface area contributed by atoms with Crippen LogP contribution in [0.1, 0.15) is 63.9 Å². The number of carbonyl (C=O) groups is 4. The van der Waals surface area contributed by atoms with E-state index in [-0.39, 0.29) is 43.3 Å². The van der Waals surface area contributed by atoms with Crippen molar-refractivity contribution in [3.63, 3.8) is 0 Å². The van der Waals surface area contributed by atoms with Gasteiger partial charge in [0.2, 0.25) is 17.6 Å². The summed E-state index contributed by atoms with van der Waals surface area (Å²) in [5.74, 6) is -4.44. The SMILES string of the molecule is O=C1CCC(N2Cc3cc(N4CCC(N5CCN(c6ccc(-c7cnc8[nH]cc(C(=O)c9c(F)ccc(NS(=O)(=O)N%10CC[C@@H](F)C%10)c9F)c8c7)cc6)CC5)CC4)ccc3C2=O)C(=O)N1. The third kappa shape index (κ3) is 8.09. The number of ketones is 1. The van der Waals surface area contributed by atoms with Gasteiger partial charge in [-0.15, -0.1) is 0 Å². The zero-order chi connectivity index (χ0) is 45.1. The van der Waals surface area contributed by atoms with Crippen molar-refractivity contribution >= 4 is 61.8 Å². The molecule has 0 radical (unpaired) electrons. The zero-order valence-electron chi connectivity index (χ0n) is 35.2. The van der Waals surface area contributed by atoms with Crippen molar-refractivity contribution in [3.8, 4) is 11.1 Å². The summed E-state index contributed by atoms with van der Waals surface area (Å²) in [6.45, 7) is 5.21. The first-order valence-electron chi connectivity index (χ1n) is 21.8. The molecule has 338 valence electrons. The summed E-state index contributed by atoms with van der Waals surface area (Å²) < 4.78 is 73.1. The van der Waals surface area contributed by atoms with E-state index in [9.17, 15) is 32.0 Å². The van der Waals surface area contributed by atoms with Crippen molar-refractivity contribution in [2.75, 3.05) is 66.9 Å². The molecule has 0 bridgehead atoms. The average molecular weight is 910 g/mol. The number of imide groups is 1. The predicted molar refractivity (Wildman–Crippen MR) is 236 cm³/mol. The normalized spacial score (nSPS) is 21.3. The maximum absolute atomic E-state index is 15.8. The van der Waals surface area contributed by atoms with Crippen LogP contribution in [0.25, 0.3) is 22.2 Å². The molecule has 5 aliphatic rings. The largest absolute Gasteiger partial charge is 0.371 e. The lowest BCUT2D eigenvalue weighted by molar-refractivity contribution is -0.136. The van der Waals surface area contributed by atoms with Gasteiger partial charge in [0.25, 0.3) is 5.91 Å². The summed E-state index contributed by atoms with van der Waals surface area (Å²) in [6, 6.07) is 17.2. The van der Waals surface area contributed by atoms with Gasteiger partial charge in [-0.3, -0.25) is 34.1 Å². The number of anilines is 3. The van der Waals surface area contributed by atoms with Crippen LogP contribution in [0.2, 0.25) is 0 Å². The molecule has 3 N–H and O–H groups in total. The highest BCUT2D eigenvalue weighted by molar-refractivity contribution is 7.90. The number of halogens is 3. The van der Waals surface area contributed by atoms with Crippen LogP contribution in [0, 0.1) is 11.6 Å². The molecular formula is C46H46F3N9O6S. The molecule has 19 heteroatoms. The molecule has 4 fully saturated rings. The number of alkyl halides is 1. The Labute approximate surface area is 372 Å². The fourth-order valence-electron chi connectivity index (χ4n) is 9.89. The monoisotopic (exact) mass is 909 g/mol. The lowest BCUT2D eigenvalue weighted by Crippen LogP contribution is -2.53. The molecule has 2 aromatic heterocycles. The molecule has 0 spiro atoms. The first kappa shape index (κ1) is 42.6. The Bertz CT molecular complexity index is 2840. The predicted octanol–water partition coefficient (Wildman–Crippen LogP) is 4.99. The van der Waals surface area contributed by atoms with Gasteiger partial charge >= 0.3 is 10.2 Å². The number of nitrogens with zero attached hydrogens (tertiary/aromatic N) is 6. The molecule has 3 aromatic carbocycles. The molecule has 7 heterocycles. The summed E-state index contributed by atoms with van der Waals surface area (Å²) >= 11 is 0. The molecule has 0 aliphatic carbocycles. The Morgan fingerprint density at radius 1 is 0.815 bits per heavy atom. The third-order valence-corrected chi connectivity index (χ3v) is 15.0. The van der Waals surface area contributed by atoms with E-state index in [0.29, 0.717) is 41.2 Å². The van der Waals surface area contributed by atoms with Crippen molar-refractivity contribution in [1.82, 2.24) is 29.4 Å². The molecule has 0 saturated carbocycles. The minimum absolute atomic E-state index is 0.00222. The van der Waals surface area contributed by atoms with Gasteiger partial charge < -0.3 is 19.7 Å². The molecular weight excluding hydrogens is 864 g/mol. The highest BCUT2D eigenvalue weighted by Gasteiger charge is 2.40. The summed E-state index contributed by atoms with van der Waals surface area (Å²) in [5.41, 5.74) is 3.86. The number of hydrogen-bond donors (Lipinski definition) is 3. The fourth-order valence-corrected chi connectivity index (χ4v) is 11.2. The lowest BCUT2D eigenvalue weighted by Gasteiger charge is -2.44. The Morgan fingerprint density at radius 3 is 2.28 bits per heavy atom. The minimum atomic E-state index is -4.36. The van der Waals surface area contributed by atoms with Crippen LogP contribution in [-0.2, 0) is 26.3 Å². The second-order valence-electron chi connectivity index (χ2n) is 17.3. The molecule has 65 heavy (non-hydrogen) atoms. The Morgan fingerprint density at radius 2 is 1.55 bits per heavy atom. The van der Waals surface area contributed by atoms with Gasteiger partial charge in [-0.2, -0.15) is 12.7 Å². The van der Waals surface area contributed by atoms with Crippen molar-refractivity contribution in [3.05, 3.63) is 107 Å². The Balaban J connectivity index is 0.750. The quantitative estimate of drug-likeness (QED) is 0.128. The number of hydrogen-bond acceptors (Lipinski definition) is 10. The lowest BCUT2D eigenvalue weighted by atomic mass is 9.99. The van der Waals surface area contributed by atoms with Crippen molar-refractivity contribution < 1.29 is 40.8 Å². The fraction of sp³-hybridized carbons (Fsp3) is 0.370. The maximum Gasteiger partial charge on any atom is 0.301 e. The van der Waals surface area contributed by atoms with Gasteiger partial charge in [0.15, 0.2) is 5.82 Å². The number of fused-ring (bicyclic) bond motifs is 2. The second-order valence-corrected chi connectivity index (χ2v) is 19.0. The molecule has 1 unspecified atom stereocenters. The Hall–Kier alpha value is -6.31. The number of amides is 3. The van der Waals surface area contributed by atoms with Gasteiger partial charge in [0.1, 0.15) is 23.7 Å². The number of aromatic nitrogens is 2. The van der Waals surface area contributed by atoms with Gasteiger partial charge in [0, 0.05) is 117 Å². The third-order valence-electron chi connectivity index (χ3n) is 13.5.